The summed E-state index contributed by atoms with van der Waals surface area (Å²) in [6.07, 6.45) is 3.27. The van der Waals surface area contributed by atoms with Crippen molar-refractivity contribution >= 4 is 66.3 Å². The number of amides is 1. The molecular weight excluding hydrogens is 513 g/mol. The van der Waals surface area contributed by atoms with Gasteiger partial charge in [0, 0.05) is 46.2 Å². The Hall–Kier alpha value is -2.88. The van der Waals surface area contributed by atoms with Crippen molar-refractivity contribution in [2.75, 3.05) is 19.0 Å². The van der Waals surface area contributed by atoms with Gasteiger partial charge >= 0.3 is 0 Å². The number of nitrogens with zero attached hydrogens (tertiary/aromatic N) is 2. The highest BCUT2D eigenvalue weighted by atomic mass is 31.0. The summed E-state index contributed by atoms with van der Waals surface area (Å²) in [5.74, 6) is 2.10. The van der Waals surface area contributed by atoms with Gasteiger partial charge in [-0.15, -0.1) is 18.5 Å². The molecule has 4 aromatic rings. The Kier molecular flexibility index (Phi) is 8.33. The maximum absolute atomic E-state index is 13.0. The monoisotopic (exact) mass is 540 g/mol. The second-order valence-corrected chi connectivity index (χ2v) is 9.88. The number of methoxy groups -OCH3 is 1. The zero-order valence-corrected chi connectivity index (χ0v) is 23.3. The fourth-order valence-electron chi connectivity index (χ4n) is 3.53. The van der Waals surface area contributed by atoms with Gasteiger partial charge in [-0.05, 0) is 43.3 Å². The van der Waals surface area contributed by atoms with E-state index in [-0.39, 0.29) is 11.9 Å². The van der Waals surface area contributed by atoms with Gasteiger partial charge < -0.3 is 25.3 Å². The molecule has 0 fully saturated rings. The number of carbonyl (C=O) groups excluding carboxylic acids is 1. The molecule has 2 heterocycles. The minimum Gasteiger partial charge on any atom is -0.496 e. The lowest BCUT2D eigenvalue weighted by Crippen LogP contribution is -2.23. The molecular formula is C25H27N4O4P3. The molecule has 4 atom stereocenters. The highest BCUT2D eigenvalue weighted by molar-refractivity contribution is 7.30. The number of nitrogens with two attached hydrogens (primary N) is 1. The van der Waals surface area contributed by atoms with E-state index in [2.05, 4.69) is 43.0 Å². The quantitative estimate of drug-likeness (QED) is 0.331. The average molecular weight is 540 g/mol. The van der Waals surface area contributed by atoms with Gasteiger partial charge in [-0.3, -0.25) is 14.8 Å². The molecule has 186 valence electrons. The Morgan fingerprint density at radius 1 is 1.03 bits per heavy atom. The van der Waals surface area contributed by atoms with E-state index < -0.39 is 0 Å². The van der Waals surface area contributed by atoms with Crippen LogP contribution >= 0.6 is 27.7 Å². The summed E-state index contributed by atoms with van der Waals surface area (Å²) < 4.78 is 17.3. The molecule has 0 saturated heterocycles. The molecule has 36 heavy (non-hydrogen) atoms. The number of ether oxygens (including phenoxy) is 3. The molecule has 0 aliphatic rings. The van der Waals surface area contributed by atoms with Gasteiger partial charge in [0.15, 0.2) is 0 Å². The molecule has 1 amide bonds. The SMILES string of the molecule is COc1ccnc(P)c1C(=O)Nc1cc(P)c(Oc2ccnc3cc(OC[C@@H](C)N)ccc23)c(P)c1. The Morgan fingerprint density at radius 2 is 1.72 bits per heavy atom. The van der Waals surface area contributed by atoms with E-state index >= 15 is 0 Å². The number of hydrogen-bond donors (Lipinski definition) is 2. The van der Waals surface area contributed by atoms with Crippen LogP contribution in [-0.2, 0) is 0 Å². The second-order valence-electron chi connectivity index (χ2n) is 8.09. The largest absolute Gasteiger partial charge is 0.496 e. The molecule has 2 aromatic carbocycles. The summed E-state index contributed by atoms with van der Waals surface area (Å²) >= 11 is 0. The summed E-state index contributed by atoms with van der Waals surface area (Å²) in [5, 5.41) is 5.29. The third kappa shape index (κ3) is 5.91. The van der Waals surface area contributed by atoms with Crippen LogP contribution in [0.5, 0.6) is 23.0 Å². The maximum Gasteiger partial charge on any atom is 0.261 e. The Morgan fingerprint density at radius 3 is 2.42 bits per heavy atom. The van der Waals surface area contributed by atoms with Crippen LogP contribution in [0.4, 0.5) is 5.69 Å². The molecule has 0 aliphatic carbocycles. The van der Waals surface area contributed by atoms with Crippen LogP contribution in [0.2, 0.25) is 0 Å². The molecule has 0 radical (unpaired) electrons. The molecule has 3 unspecified atom stereocenters. The van der Waals surface area contributed by atoms with Gasteiger partial charge in [0.25, 0.3) is 5.91 Å². The van der Waals surface area contributed by atoms with Crippen LogP contribution in [0, 0.1) is 0 Å². The fraction of sp³-hybridized carbons (Fsp3) is 0.160. The lowest BCUT2D eigenvalue weighted by molar-refractivity contribution is 0.102. The number of hydrogen-bond acceptors (Lipinski definition) is 7. The van der Waals surface area contributed by atoms with Crippen LogP contribution in [0.15, 0.2) is 54.9 Å². The first-order valence-corrected chi connectivity index (χ1v) is 12.7. The van der Waals surface area contributed by atoms with E-state index in [0.29, 0.717) is 46.3 Å². The second kappa shape index (κ2) is 11.5. The molecule has 11 heteroatoms. The van der Waals surface area contributed by atoms with E-state index in [1.165, 1.54) is 7.11 Å². The van der Waals surface area contributed by atoms with Gasteiger partial charge in [-0.1, -0.05) is 9.24 Å². The Balaban J connectivity index is 1.58. The van der Waals surface area contributed by atoms with Crippen LogP contribution in [0.3, 0.4) is 0 Å². The van der Waals surface area contributed by atoms with Crippen LogP contribution < -0.4 is 41.3 Å². The molecule has 8 nitrogen and oxygen atoms in total. The maximum atomic E-state index is 13.0. The zero-order valence-electron chi connectivity index (χ0n) is 19.8. The molecule has 4 rings (SSSR count). The number of anilines is 1. The van der Waals surface area contributed by atoms with Gasteiger partial charge in [0.1, 0.15) is 35.2 Å². The third-order valence-electron chi connectivity index (χ3n) is 5.19. The number of nitrogens with one attached hydrogen (secondary N) is 1. The van der Waals surface area contributed by atoms with Gasteiger partial charge in [0.05, 0.1) is 18.1 Å². The van der Waals surface area contributed by atoms with Crippen molar-refractivity contribution in [2.24, 2.45) is 5.73 Å². The summed E-state index contributed by atoms with van der Waals surface area (Å²) in [4.78, 5) is 21.6. The van der Waals surface area contributed by atoms with Gasteiger partial charge in [0.2, 0.25) is 0 Å². The van der Waals surface area contributed by atoms with Crippen molar-refractivity contribution in [1.82, 2.24) is 9.97 Å². The molecule has 0 aliphatic heterocycles. The topological polar surface area (TPSA) is 109 Å². The van der Waals surface area contributed by atoms with Crippen molar-refractivity contribution in [2.45, 2.75) is 13.0 Å². The highest BCUT2D eigenvalue weighted by Crippen LogP contribution is 2.31. The van der Waals surface area contributed by atoms with Gasteiger partial charge in [-0.2, -0.15) is 0 Å². The summed E-state index contributed by atoms with van der Waals surface area (Å²) in [5.41, 5.74) is 7.98. The summed E-state index contributed by atoms with van der Waals surface area (Å²) in [7, 11) is 9.29. The van der Waals surface area contributed by atoms with Crippen molar-refractivity contribution < 1.29 is 19.0 Å². The highest BCUT2D eigenvalue weighted by Gasteiger charge is 2.18. The normalized spacial score (nSPS) is 11.7. The van der Waals surface area contributed by atoms with E-state index in [1.54, 1.807) is 18.5 Å². The van der Waals surface area contributed by atoms with Crippen molar-refractivity contribution in [3.05, 3.63) is 60.4 Å². The Bertz CT molecular complexity index is 1410. The van der Waals surface area contributed by atoms with Crippen LogP contribution in [0.1, 0.15) is 17.3 Å². The molecule has 3 N–H and O–H groups in total. The van der Waals surface area contributed by atoms with E-state index in [0.717, 1.165) is 21.5 Å². The van der Waals surface area contributed by atoms with E-state index in [4.69, 9.17) is 19.9 Å². The number of benzene rings is 2. The smallest absolute Gasteiger partial charge is 0.261 e. The number of pyridine rings is 2. The number of rotatable bonds is 8. The van der Waals surface area contributed by atoms with Crippen LogP contribution in [-0.4, -0.2) is 35.6 Å². The van der Waals surface area contributed by atoms with Crippen molar-refractivity contribution in [3.63, 3.8) is 0 Å². The standard InChI is InChI=1S/C25H27N4O4P3/c1-13(26)12-32-15-3-4-16-17(11-15)27-7-5-18(16)33-23-20(34)9-14(10-21(23)35)29-24(30)22-19(31-2)6-8-28-25(22)36/h3-11,13H,12,26,34-36H2,1-2H3,(H,29,30)/t13-/m1/s1. The molecule has 2 aromatic heterocycles. The molecule has 0 saturated carbocycles. The summed E-state index contributed by atoms with van der Waals surface area (Å²) in [6, 6.07) is 12.7. The average Bonchev–Trinajstić information content (AvgIpc) is 2.84. The fourth-order valence-corrected chi connectivity index (χ4v) is 4.87. The number of carbonyl (C=O) groups is 1. The van der Waals surface area contributed by atoms with Crippen molar-refractivity contribution in [1.29, 1.82) is 0 Å². The lowest BCUT2D eigenvalue weighted by atomic mass is 10.2. The molecule has 0 bridgehead atoms. The minimum atomic E-state index is -0.324. The first-order chi connectivity index (χ1) is 17.3. The first kappa shape index (κ1) is 26.2. The van der Waals surface area contributed by atoms with Gasteiger partial charge in [-0.25, -0.2) is 0 Å². The predicted octanol–water partition coefficient (Wildman–Crippen LogP) is 2.91. The minimum absolute atomic E-state index is 0.0636. The van der Waals surface area contributed by atoms with E-state index in [9.17, 15) is 4.79 Å². The van der Waals surface area contributed by atoms with E-state index in [1.807, 2.05) is 43.3 Å². The first-order valence-electron chi connectivity index (χ1n) is 11.0. The molecule has 0 spiro atoms. The van der Waals surface area contributed by atoms with Crippen LogP contribution in [0.25, 0.3) is 10.9 Å². The summed E-state index contributed by atoms with van der Waals surface area (Å²) in [6.45, 7) is 2.31. The lowest BCUT2D eigenvalue weighted by Gasteiger charge is -2.16. The Labute approximate surface area is 216 Å². The number of aromatic nitrogens is 2. The van der Waals surface area contributed by atoms with Crippen molar-refractivity contribution in [3.8, 4) is 23.0 Å². The zero-order chi connectivity index (χ0) is 25.8. The third-order valence-corrected chi connectivity index (χ3v) is 6.49. The predicted molar refractivity (Wildman–Crippen MR) is 154 cm³/mol. The number of fused-ring (bicyclic) bond motifs is 1.